The zero-order chi connectivity index (χ0) is 7.56. The second kappa shape index (κ2) is 3.32. The first kappa shape index (κ1) is 7.98. The summed E-state index contributed by atoms with van der Waals surface area (Å²) in [5.41, 5.74) is 5.61. The maximum absolute atomic E-state index is 5.61. The summed E-state index contributed by atoms with van der Waals surface area (Å²) in [6, 6.07) is 1.01. The molecule has 1 heterocycles. The van der Waals surface area contributed by atoms with Gasteiger partial charge in [0, 0.05) is 31.8 Å². The molecule has 0 aliphatic carbocycles. The van der Waals surface area contributed by atoms with Crippen molar-refractivity contribution in [1.82, 2.24) is 10.2 Å². The summed E-state index contributed by atoms with van der Waals surface area (Å²) in [6.07, 6.45) is 0. The van der Waals surface area contributed by atoms with Gasteiger partial charge >= 0.3 is 0 Å². The average molecular weight is 143 g/mol. The Morgan fingerprint density at radius 3 is 2.60 bits per heavy atom. The van der Waals surface area contributed by atoms with Gasteiger partial charge in [-0.1, -0.05) is 0 Å². The molecule has 0 radical (unpaired) electrons. The highest BCUT2D eigenvalue weighted by molar-refractivity contribution is 4.81. The van der Waals surface area contributed by atoms with E-state index >= 15 is 0 Å². The predicted octanol–water partition coefficient (Wildman–Crippen LogP) is -0.415. The number of nitrogens with zero attached hydrogens (tertiary/aromatic N) is 1. The number of likely N-dealkylation sites (tertiary alicyclic amines) is 1. The van der Waals surface area contributed by atoms with Crippen LogP contribution in [0, 0.1) is 0 Å². The summed E-state index contributed by atoms with van der Waals surface area (Å²) in [4.78, 5) is 2.31. The first-order chi connectivity index (χ1) is 4.68. The zero-order valence-electron chi connectivity index (χ0n) is 6.80. The van der Waals surface area contributed by atoms with Crippen molar-refractivity contribution in [3.05, 3.63) is 0 Å². The van der Waals surface area contributed by atoms with E-state index in [2.05, 4.69) is 24.1 Å². The minimum atomic E-state index is 0.425. The lowest BCUT2D eigenvalue weighted by Gasteiger charge is -2.37. The van der Waals surface area contributed by atoms with Crippen LogP contribution in [-0.2, 0) is 0 Å². The lowest BCUT2D eigenvalue weighted by atomic mass is 10.1. The molecule has 1 fully saturated rings. The molecule has 0 amide bonds. The van der Waals surface area contributed by atoms with Crippen LogP contribution in [0.3, 0.4) is 0 Å². The highest BCUT2D eigenvalue weighted by Gasteiger charge is 2.21. The summed E-state index contributed by atoms with van der Waals surface area (Å²) in [6.45, 7) is 7.41. The van der Waals surface area contributed by atoms with Gasteiger partial charge in [-0.05, 0) is 13.8 Å². The quantitative estimate of drug-likeness (QED) is 0.564. The molecule has 60 valence electrons. The fourth-order valence-corrected chi connectivity index (χ4v) is 1.05. The van der Waals surface area contributed by atoms with Crippen LogP contribution < -0.4 is 11.1 Å². The zero-order valence-corrected chi connectivity index (χ0v) is 6.80. The average Bonchev–Trinajstić information content (AvgIpc) is 1.77. The van der Waals surface area contributed by atoms with Crippen molar-refractivity contribution >= 4 is 0 Å². The Hall–Kier alpha value is -0.120. The van der Waals surface area contributed by atoms with Gasteiger partial charge in [0.1, 0.15) is 0 Å². The van der Waals surface area contributed by atoms with Crippen molar-refractivity contribution in [3.8, 4) is 0 Å². The Bertz CT molecular complexity index is 97.0. The molecule has 10 heavy (non-hydrogen) atoms. The van der Waals surface area contributed by atoms with Crippen LogP contribution in [0.15, 0.2) is 0 Å². The summed E-state index contributed by atoms with van der Waals surface area (Å²) in [5.74, 6) is 0. The van der Waals surface area contributed by atoms with Crippen LogP contribution >= 0.6 is 0 Å². The van der Waals surface area contributed by atoms with Gasteiger partial charge in [0.15, 0.2) is 0 Å². The molecule has 0 bridgehead atoms. The Morgan fingerprint density at radius 2 is 2.20 bits per heavy atom. The molecular formula is C7H17N3. The molecule has 1 aliphatic heterocycles. The molecule has 3 nitrogen and oxygen atoms in total. The van der Waals surface area contributed by atoms with Gasteiger partial charge in [0.25, 0.3) is 0 Å². The third-order valence-corrected chi connectivity index (χ3v) is 1.71. The molecule has 0 aromatic carbocycles. The van der Waals surface area contributed by atoms with Crippen molar-refractivity contribution in [3.63, 3.8) is 0 Å². The van der Waals surface area contributed by atoms with Gasteiger partial charge in [-0.15, -0.1) is 0 Å². The Balaban J connectivity index is 1.95. The molecule has 0 unspecified atom stereocenters. The summed E-state index contributed by atoms with van der Waals surface area (Å²) >= 11 is 0. The Kier molecular flexibility index (Phi) is 2.65. The fourth-order valence-electron chi connectivity index (χ4n) is 1.05. The van der Waals surface area contributed by atoms with E-state index in [0.717, 1.165) is 19.8 Å². The first-order valence-electron chi connectivity index (χ1n) is 3.90. The second-order valence-corrected chi connectivity index (χ2v) is 3.31. The van der Waals surface area contributed by atoms with Crippen molar-refractivity contribution < 1.29 is 0 Å². The van der Waals surface area contributed by atoms with Crippen LogP contribution in [0.25, 0.3) is 0 Å². The van der Waals surface area contributed by atoms with E-state index in [4.69, 9.17) is 5.73 Å². The largest absolute Gasteiger partial charge is 0.325 e. The van der Waals surface area contributed by atoms with Crippen LogP contribution in [0.1, 0.15) is 13.8 Å². The van der Waals surface area contributed by atoms with E-state index in [1.54, 1.807) is 0 Å². The Labute approximate surface area is 62.6 Å². The fraction of sp³-hybridized carbons (Fsp3) is 1.00. The molecule has 0 atom stereocenters. The van der Waals surface area contributed by atoms with Crippen LogP contribution in [-0.4, -0.2) is 36.7 Å². The SMILES string of the molecule is CC(C)NCN1CC(N)C1. The maximum atomic E-state index is 5.61. The lowest BCUT2D eigenvalue weighted by Crippen LogP contribution is -2.58. The summed E-state index contributed by atoms with van der Waals surface area (Å²) in [7, 11) is 0. The minimum Gasteiger partial charge on any atom is -0.325 e. The molecule has 1 saturated heterocycles. The molecule has 1 rings (SSSR count). The van der Waals surface area contributed by atoms with E-state index in [9.17, 15) is 0 Å². The number of hydrogen-bond donors (Lipinski definition) is 2. The number of nitrogens with two attached hydrogens (primary N) is 1. The van der Waals surface area contributed by atoms with Gasteiger partial charge < -0.3 is 11.1 Å². The molecule has 3 heteroatoms. The van der Waals surface area contributed by atoms with Crippen LogP contribution in [0.2, 0.25) is 0 Å². The van der Waals surface area contributed by atoms with Gasteiger partial charge in [0.2, 0.25) is 0 Å². The van der Waals surface area contributed by atoms with Gasteiger partial charge in [-0.2, -0.15) is 0 Å². The molecule has 0 spiro atoms. The lowest BCUT2D eigenvalue weighted by molar-refractivity contribution is 0.134. The number of rotatable bonds is 3. The standard InChI is InChI=1S/C7H17N3/c1-6(2)9-5-10-3-7(8)4-10/h6-7,9H,3-5,8H2,1-2H3. The highest BCUT2D eigenvalue weighted by atomic mass is 15.3. The van der Waals surface area contributed by atoms with Gasteiger partial charge in [-0.3, -0.25) is 4.90 Å². The number of hydrogen-bond acceptors (Lipinski definition) is 3. The van der Waals surface area contributed by atoms with E-state index in [0.29, 0.717) is 12.1 Å². The highest BCUT2D eigenvalue weighted by Crippen LogP contribution is 2.02. The van der Waals surface area contributed by atoms with Gasteiger partial charge in [0.05, 0.1) is 0 Å². The summed E-state index contributed by atoms with van der Waals surface area (Å²) in [5, 5.41) is 3.34. The molecule has 0 aromatic rings. The third kappa shape index (κ3) is 2.25. The second-order valence-electron chi connectivity index (χ2n) is 3.31. The van der Waals surface area contributed by atoms with Crippen molar-refractivity contribution in [2.75, 3.05) is 19.8 Å². The van der Waals surface area contributed by atoms with Crippen molar-refractivity contribution in [1.29, 1.82) is 0 Å². The normalized spacial score (nSPS) is 21.6. The topological polar surface area (TPSA) is 41.3 Å². The monoisotopic (exact) mass is 143 g/mol. The minimum absolute atomic E-state index is 0.425. The van der Waals surface area contributed by atoms with E-state index in [1.165, 1.54) is 0 Å². The molecular weight excluding hydrogens is 126 g/mol. The summed E-state index contributed by atoms with van der Waals surface area (Å²) < 4.78 is 0. The molecule has 1 aliphatic rings. The van der Waals surface area contributed by atoms with Crippen LogP contribution in [0.4, 0.5) is 0 Å². The first-order valence-corrected chi connectivity index (χ1v) is 3.90. The Morgan fingerprint density at radius 1 is 1.60 bits per heavy atom. The van der Waals surface area contributed by atoms with E-state index in [-0.39, 0.29) is 0 Å². The van der Waals surface area contributed by atoms with E-state index < -0.39 is 0 Å². The van der Waals surface area contributed by atoms with Crippen LogP contribution in [0.5, 0.6) is 0 Å². The predicted molar refractivity (Wildman–Crippen MR) is 42.7 cm³/mol. The maximum Gasteiger partial charge on any atom is 0.0483 e. The molecule has 0 aromatic heterocycles. The molecule has 3 N–H and O–H groups in total. The van der Waals surface area contributed by atoms with Gasteiger partial charge in [-0.25, -0.2) is 0 Å². The number of nitrogens with one attached hydrogen (secondary N) is 1. The van der Waals surface area contributed by atoms with E-state index in [1.807, 2.05) is 0 Å². The smallest absolute Gasteiger partial charge is 0.0483 e. The van der Waals surface area contributed by atoms with Crippen molar-refractivity contribution in [2.45, 2.75) is 25.9 Å². The third-order valence-electron chi connectivity index (χ3n) is 1.71. The van der Waals surface area contributed by atoms with Crippen molar-refractivity contribution in [2.24, 2.45) is 5.73 Å². The molecule has 0 saturated carbocycles.